The average molecular weight is 199 g/mol. The van der Waals surface area contributed by atoms with E-state index in [1.807, 2.05) is 0 Å². The van der Waals surface area contributed by atoms with Gasteiger partial charge in [0.15, 0.2) is 0 Å². The van der Waals surface area contributed by atoms with Gasteiger partial charge in [-0.15, -0.1) is 0 Å². The summed E-state index contributed by atoms with van der Waals surface area (Å²) < 4.78 is 0. The Hall–Kier alpha value is -0.0400. The molecule has 0 fully saturated rings. The summed E-state index contributed by atoms with van der Waals surface area (Å²) in [7, 11) is 0. The SMILES string of the molecule is CCC(C)CCCCCCC(N)CC. The van der Waals surface area contributed by atoms with Crippen LogP contribution in [0.1, 0.15) is 72.1 Å². The predicted molar refractivity (Wildman–Crippen MR) is 65.4 cm³/mol. The van der Waals surface area contributed by atoms with Gasteiger partial charge in [-0.3, -0.25) is 0 Å². The quantitative estimate of drug-likeness (QED) is 0.556. The minimum Gasteiger partial charge on any atom is -0.328 e. The maximum atomic E-state index is 5.86. The lowest BCUT2D eigenvalue weighted by atomic mass is 9.99. The normalized spacial score (nSPS) is 15.4. The summed E-state index contributed by atoms with van der Waals surface area (Å²) in [6, 6.07) is 0.449. The highest BCUT2D eigenvalue weighted by Crippen LogP contribution is 2.14. The van der Waals surface area contributed by atoms with Crippen molar-refractivity contribution in [2.45, 2.75) is 78.2 Å². The summed E-state index contributed by atoms with van der Waals surface area (Å²) in [5.41, 5.74) is 5.86. The molecule has 2 N–H and O–H groups in total. The van der Waals surface area contributed by atoms with E-state index >= 15 is 0 Å². The molecule has 0 saturated carbocycles. The average Bonchev–Trinajstić information content (AvgIpc) is 2.22. The van der Waals surface area contributed by atoms with Gasteiger partial charge in [0.2, 0.25) is 0 Å². The lowest BCUT2D eigenvalue weighted by molar-refractivity contribution is 0.464. The fourth-order valence-electron chi connectivity index (χ4n) is 1.66. The summed E-state index contributed by atoms with van der Waals surface area (Å²) in [6.45, 7) is 6.81. The fraction of sp³-hybridized carbons (Fsp3) is 1.00. The molecule has 86 valence electrons. The van der Waals surface area contributed by atoms with Crippen LogP contribution in [0.5, 0.6) is 0 Å². The van der Waals surface area contributed by atoms with Gasteiger partial charge in [-0.25, -0.2) is 0 Å². The van der Waals surface area contributed by atoms with E-state index in [1.54, 1.807) is 0 Å². The van der Waals surface area contributed by atoms with Crippen LogP contribution in [0.4, 0.5) is 0 Å². The Bertz CT molecular complexity index is 97.8. The Balaban J connectivity index is 3.06. The predicted octanol–water partition coefficient (Wildman–Crippen LogP) is 4.11. The zero-order chi connectivity index (χ0) is 10.8. The van der Waals surface area contributed by atoms with Gasteiger partial charge in [0, 0.05) is 6.04 Å². The first kappa shape index (κ1) is 14.0. The van der Waals surface area contributed by atoms with E-state index in [1.165, 1.54) is 44.9 Å². The molecule has 0 aromatic rings. The lowest BCUT2D eigenvalue weighted by Gasteiger charge is -2.09. The molecule has 0 heterocycles. The third kappa shape index (κ3) is 8.55. The van der Waals surface area contributed by atoms with Gasteiger partial charge < -0.3 is 5.73 Å². The smallest absolute Gasteiger partial charge is 0.00362 e. The number of rotatable bonds is 9. The summed E-state index contributed by atoms with van der Waals surface area (Å²) in [6.07, 6.45) is 10.6. The van der Waals surface area contributed by atoms with E-state index in [2.05, 4.69) is 20.8 Å². The standard InChI is InChI=1S/C13H29N/c1-4-12(3)10-8-6-7-9-11-13(14)5-2/h12-13H,4-11,14H2,1-3H3. The Morgan fingerprint density at radius 3 is 1.93 bits per heavy atom. The van der Waals surface area contributed by atoms with Gasteiger partial charge in [-0.1, -0.05) is 59.3 Å². The van der Waals surface area contributed by atoms with E-state index < -0.39 is 0 Å². The first-order valence-electron chi connectivity index (χ1n) is 6.46. The highest BCUT2D eigenvalue weighted by atomic mass is 14.6. The monoisotopic (exact) mass is 199 g/mol. The van der Waals surface area contributed by atoms with Crippen molar-refractivity contribution < 1.29 is 0 Å². The molecule has 0 bridgehead atoms. The third-order valence-electron chi connectivity index (χ3n) is 3.24. The Labute approximate surface area is 90.5 Å². The first-order valence-corrected chi connectivity index (χ1v) is 6.46. The molecule has 0 aliphatic rings. The highest BCUT2D eigenvalue weighted by Gasteiger charge is 2.00. The number of hydrogen-bond acceptors (Lipinski definition) is 1. The molecule has 2 unspecified atom stereocenters. The van der Waals surface area contributed by atoms with Gasteiger partial charge >= 0.3 is 0 Å². The van der Waals surface area contributed by atoms with Crippen LogP contribution in [0.3, 0.4) is 0 Å². The van der Waals surface area contributed by atoms with Crippen molar-refractivity contribution in [1.29, 1.82) is 0 Å². The van der Waals surface area contributed by atoms with E-state index in [0.29, 0.717) is 6.04 Å². The molecule has 0 aliphatic carbocycles. The molecule has 0 rings (SSSR count). The molecular weight excluding hydrogens is 170 g/mol. The van der Waals surface area contributed by atoms with Crippen LogP contribution in [-0.4, -0.2) is 6.04 Å². The number of nitrogens with two attached hydrogens (primary N) is 1. The van der Waals surface area contributed by atoms with Gasteiger partial charge in [0.25, 0.3) is 0 Å². The third-order valence-corrected chi connectivity index (χ3v) is 3.24. The van der Waals surface area contributed by atoms with E-state index in [0.717, 1.165) is 12.3 Å². The molecule has 0 aromatic carbocycles. The first-order chi connectivity index (χ1) is 6.70. The van der Waals surface area contributed by atoms with E-state index in [4.69, 9.17) is 5.73 Å². The molecule has 0 amide bonds. The summed E-state index contributed by atoms with van der Waals surface area (Å²) in [5.74, 6) is 0.924. The van der Waals surface area contributed by atoms with Crippen molar-refractivity contribution >= 4 is 0 Å². The highest BCUT2D eigenvalue weighted by molar-refractivity contribution is 4.58. The fourth-order valence-corrected chi connectivity index (χ4v) is 1.66. The molecule has 1 heteroatoms. The molecule has 0 spiro atoms. The Kier molecular flexibility index (Phi) is 9.49. The van der Waals surface area contributed by atoms with Crippen molar-refractivity contribution in [1.82, 2.24) is 0 Å². The van der Waals surface area contributed by atoms with Crippen LogP contribution in [0.15, 0.2) is 0 Å². The maximum absolute atomic E-state index is 5.86. The number of unbranched alkanes of at least 4 members (excludes halogenated alkanes) is 3. The van der Waals surface area contributed by atoms with Crippen molar-refractivity contribution in [2.24, 2.45) is 11.7 Å². The zero-order valence-corrected chi connectivity index (χ0v) is 10.4. The van der Waals surface area contributed by atoms with Crippen molar-refractivity contribution in [3.8, 4) is 0 Å². The van der Waals surface area contributed by atoms with Crippen molar-refractivity contribution in [2.75, 3.05) is 0 Å². The zero-order valence-electron chi connectivity index (χ0n) is 10.4. The van der Waals surface area contributed by atoms with Crippen LogP contribution in [0.25, 0.3) is 0 Å². The van der Waals surface area contributed by atoms with E-state index in [-0.39, 0.29) is 0 Å². The topological polar surface area (TPSA) is 26.0 Å². The van der Waals surface area contributed by atoms with Crippen LogP contribution in [0.2, 0.25) is 0 Å². The van der Waals surface area contributed by atoms with Gasteiger partial charge in [-0.05, 0) is 18.8 Å². The largest absolute Gasteiger partial charge is 0.328 e. The molecular formula is C13H29N. The van der Waals surface area contributed by atoms with Crippen LogP contribution in [-0.2, 0) is 0 Å². The summed E-state index contributed by atoms with van der Waals surface area (Å²) in [5, 5.41) is 0. The molecule has 2 atom stereocenters. The molecule has 14 heavy (non-hydrogen) atoms. The van der Waals surface area contributed by atoms with Crippen molar-refractivity contribution in [3.63, 3.8) is 0 Å². The molecule has 1 nitrogen and oxygen atoms in total. The maximum Gasteiger partial charge on any atom is 0.00362 e. The van der Waals surface area contributed by atoms with Crippen LogP contribution in [0, 0.1) is 5.92 Å². The second kappa shape index (κ2) is 9.51. The minimum absolute atomic E-state index is 0.449. The lowest BCUT2D eigenvalue weighted by Crippen LogP contribution is -2.17. The van der Waals surface area contributed by atoms with Crippen LogP contribution < -0.4 is 5.73 Å². The molecule has 0 saturated heterocycles. The second-order valence-electron chi connectivity index (χ2n) is 4.67. The summed E-state index contributed by atoms with van der Waals surface area (Å²) in [4.78, 5) is 0. The molecule has 0 radical (unpaired) electrons. The number of hydrogen-bond donors (Lipinski definition) is 1. The molecule has 0 aliphatic heterocycles. The van der Waals surface area contributed by atoms with Gasteiger partial charge in [0.05, 0.1) is 0 Å². The van der Waals surface area contributed by atoms with Crippen LogP contribution >= 0.6 is 0 Å². The minimum atomic E-state index is 0.449. The van der Waals surface area contributed by atoms with E-state index in [9.17, 15) is 0 Å². The Morgan fingerprint density at radius 2 is 1.43 bits per heavy atom. The van der Waals surface area contributed by atoms with Gasteiger partial charge in [-0.2, -0.15) is 0 Å². The Morgan fingerprint density at radius 1 is 0.857 bits per heavy atom. The van der Waals surface area contributed by atoms with Crippen molar-refractivity contribution in [3.05, 3.63) is 0 Å². The van der Waals surface area contributed by atoms with Gasteiger partial charge in [0.1, 0.15) is 0 Å². The summed E-state index contributed by atoms with van der Waals surface area (Å²) >= 11 is 0. The molecule has 0 aromatic heterocycles. The second-order valence-corrected chi connectivity index (χ2v) is 4.67.